The molecule has 0 aliphatic carbocycles. The van der Waals surface area contributed by atoms with Gasteiger partial charge in [-0.3, -0.25) is 0 Å². The summed E-state index contributed by atoms with van der Waals surface area (Å²) in [6.07, 6.45) is 2.11. The van der Waals surface area contributed by atoms with Crippen molar-refractivity contribution in [2.75, 3.05) is 0 Å². The quantitative estimate of drug-likeness (QED) is 0.302. The van der Waals surface area contributed by atoms with Crippen LogP contribution in [-0.2, 0) is 7.05 Å². The van der Waals surface area contributed by atoms with Crippen LogP contribution in [0.3, 0.4) is 0 Å². The number of fused-ring (bicyclic) bond motifs is 4. The van der Waals surface area contributed by atoms with E-state index in [4.69, 9.17) is 4.42 Å². The molecule has 3 heteroatoms. The lowest BCUT2D eigenvalue weighted by molar-refractivity contribution is -0.659. The SMILES string of the molecule is Cc1c(C)c(C#N)c2c(oc3ccccc32)c1-c1c2ccc(C(C)C)cc2cc[n+]1C. The molecule has 5 rings (SSSR count). The Bertz CT molecular complexity index is 1550. The number of aromatic nitrogens is 1. The van der Waals surface area contributed by atoms with E-state index < -0.39 is 0 Å². The second-order valence-electron chi connectivity index (χ2n) is 8.69. The summed E-state index contributed by atoms with van der Waals surface area (Å²) in [4.78, 5) is 0. The molecule has 3 aromatic carbocycles. The van der Waals surface area contributed by atoms with Gasteiger partial charge in [-0.1, -0.05) is 44.2 Å². The zero-order valence-corrected chi connectivity index (χ0v) is 18.6. The van der Waals surface area contributed by atoms with Crippen LogP contribution >= 0.6 is 0 Å². The monoisotopic (exact) mass is 405 g/mol. The number of para-hydroxylation sites is 1. The first-order valence-electron chi connectivity index (χ1n) is 10.7. The molecule has 0 atom stereocenters. The molecule has 0 spiro atoms. The van der Waals surface area contributed by atoms with E-state index in [2.05, 4.69) is 68.9 Å². The van der Waals surface area contributed by atoms with E-state index in [1.807, 2.05) is 31.2 Å². The summed E-state index contributed by atoms with van der Waals surface area (Å²) in [6, 6.07) is 19.3. The number of aryl methyl sites for hydroxylation is 1. The minimum absolute atomic E-state index is 0.475. The van der Waals surface area contributed by atoms with Crippen LogP contribution in [0, 0.1) is 25.2 Å². The van der Waals surface area contributed by atoms with Gasteiger partial charge in [0.05, 0.1) is 16.5 Å². The van der Waals surface area contributed by atoms with E-state index >= 15 is 0 Å². The van der Waals surface area contributed by atoms with Gasteiger partial charge in [0.1, 0.15) is 18.7 Å². The van der Waals surface area contributed by atoms with Crippen LogP contribution in [0.2, 0.25) is 0 Å². The summed E-state index contributed by atoms with van der Waals surface area (Å²) in [6.45, 7) is 8.58. The van der Waals surface area contributed by atoms with Crippen LogP contribution in [0.15, 0.2) is 59.1 Å². The molecule has 2 aromatic heterocycles. The molecule has 3 nitrogen and oxygen atoms in total. The molecule has 2 heterocycles. The van der Waals surface area contributed by atoms with Crippen LogP contribution in [0.25, 0.3) is 44.0 Å². The average Bonchev–Trinajstić information content (AvgIpc) is 3.14. The molecule has 0 aliphatic rings. The second kappa shape index (κ2) is 6.96. The van der Waals surface area contributed by atoms with E-state index in [0.717, 1.165) is 44.3 Å². The molecule has 0 saturated heterocycles. The summed E-state index contributed by atoms with van der Waals surface area (Å²) >= 11 is 0. The molecule has 0 unspecified atom stereocenters. The molecular weight excluding hydrogens is 380 g/mol. The third kappa shape index (κ3) is 2.75. The molecule has 0 amide bonds. The first kappa shape index (κ1) is 19.3. The molecule has 0 bridgehead atoms. The minimum atomic E-state index is 0.475. The molecule has 152 valence electrons. The highest BCUT2D eigenvalue weighted by molar-refractivity contribution is 6.14. The fraction of sp³-hybridized carbons (Fsp3) is 0.214. The van der Waals surface area contributed by atoms with Gasteiger partial charge in [-0.25, -0.2) is 4.57 Å². The van der Waals surface area contributed by atoms with Crippen molar-refractivity contribution in [2.45, 2.75) is 33.6 Å². The Morgan fingerprint density at radius 2 is 1.74 bits per heavy atom. The highest BCUT2D eigenvalue weighted by Gasteiger charge is 2.27. The first-order valence-corrected chi connectivity index (χ1v) is 10.7. The van der Waals surface area contributed by atoms with Gasteiger partial charge >= 0.3 is 0 Å². The lowest BCUT2D eigenvalue weighted by Gasteiger charge is -2.13. The van der Waals surface area contributed by atoms with Gasteiger partial charge in [0, 0.05) is 16.8 Å². The van der Waals surface area contributed by atoms with Gasteiger partial charge < -0.3 is 4.42 Å². The number of furan rings is 1. The summed E-state index contributed by atoms with van der Waals surface area (Å²) < 4.78 is 8.58. The molecule has 0 N–H and O–H groups in total. The van der Waals surface area contributed by atoms with Gasteiger partial charge in [-0.2, -0.15) is 5.26 Å². The van der Waals surface area contributed by atoms with Crippen LogP contribution in [0.5, 0.6) is 0 Å². The third-order valence-corrected chi connectivity index (χ3v) is 6.56. The summed E-state index contributed by atoms with van der Waals surface area (Å²) in [5.41, 5.74) is 7.89. The number of rotatable bonds is 2. The van der Waals surface area contributed by atoms with Gasteiger partial charge in [0.25, 0.3) is 0 Å². The summed E-state index contributed by atoms with van der Waals surface area (Å²) in [5.74, 6) is 0.475. The van der Waals surface area contributed by atoms with Crippen LogP contribution < -0.4 is 4.57 Å². The molecule has 0 saturated carbocycles. The Morgan fingerprint density at radius 3 is 2.48 bits per heavy atom. The second-order valence-corrected chi connectivity index (χ2v) is 8.69. The van der Waals surface area contributed by atoms with Crippen LogP contribution in [0.4, 0.5) is 0 Å². The zero-order valence-electron chi connectivity index (χ0n) is 18.6. The summed E-state index contributed by atoms with van der Waals surface area (Å²) in [7, 11) is 2.08. The number of nitrogens with zero attached hydrogens (tertiary/aromatic N) is 2. The van der Waals surface area contributed by atoms with E-state index in [1.165, 1.54) is 16.3 Å². The van der Waals surface area contributed by atoms with Crippen molar-refractivity contribution in [3.05, 3.63) is 77.0 Å². The highest BCUT2D eigenvalue weighted by Crippen LogP contribution is 2.42. The normalized spacial score (nSPS) is 11.6. The predicted molar refractivity (Wildman–Crippen MR) is 126 cm³/mol. The van der Waals surface area contributed by atoms with Gasteiger partial charge in [-0.05, 0) is 54.0 Å². The topological polar surface area (TPSA) is 40.8 Å². The lowest BCUT2D eigenvalue weighted by Crippen LogP contribution is -2.31. The number of pyridine rings is 1. The molecule has 5 aromatic rings. The standard InChI is InChI=1S/C28H25N2O/c1-16(2)19-10-11-21-20(14-19)12-13-30(5)27(21)25-18(4)17(3)23(15-29)26-22-8-6-7-9-24(22)31-28(25)26/h6-14,16H,1-5H3/q+1. The van der Waals surface area contributed by atoms with E-state index in [0.29, 0.717) is 11.5 Å². The van der Waals surface area contributed by atoms with Gasteiger partial charge in [-0.15, -0.1) is 0 Å². The van der Waals surface area contributed by atoms with E-state index in [9.17, 15) is 5.26 Å². The largest absolute Gasteiger partial charge is 0.455 e. The van der Waals surface area contributed by atoms with Crippen molar-refractivity contribution in [1.29, 1.82) is 5.26 Å². The van der Waals surface area contributed by atoms with Crippen molar-refractivity contribution >= 4 is 32.7 Å². The van der Waals surface area contributed by atoms with Crippen LogP contribution in [-0.4, -0.2) is 0 Å². The maximum Gasteiger partial charge on any atom is 0.224 e. The molecule has 0 fully saturated rings. The summed E-state index contributed by atoms with van der Waals surface area (Å²) in [5, 5.41) is 14.3. The van der Waals surface area contributed by atoms with Crippen molar-refractivity contribution < 1.29 is 8.98 Å². The minimum Gasteiger partial charge on any atom is -0.455 e. The molecule has 0 aliphatic heterocycles. The Labute approximate surface area is 182 Å². The Kier molecular flexibility index (Phi) is 4.34. The number of hydrogen-bond donors (Lipinski definition) is 0. The van der Waals surface area contributed by atoms with Crippen molar-refractivity contribution in [2.24, 2.45) is 7.05 Å². The van der Waals surface area contributed by atoms with Gasteiger partial charge in [0.2, 0.25) is 5.69 Å². The highest BCUT2D eigenvalue weighted by atomic mass is 16.3. The fourth-order valence-electron chi connectivity index (χ4n) is 4.69. The van der Waals surface area contributed by atoms with E-state index in [-0.39, 0.29) is 0 Å². The Balaban J connectivity index is 1.99. The maximum absolute atomic E-state index is 9.99. The number of benzene rings is 3. The Morgan fingerprint density at radius 1 is 0.968 bits per heavy atom. The maximum atomic E-state index is 9.99. The van der Waals surface area contributed by atoms with E-state index in [1.54, 1.807) is 0 Å². The first-order chi connectivity index (χ1) is 14.9. The smallest absolute Gasteiger partial charge is 0.224 e. The lowest BCUT2D eigenvalue weighted by atomic mass is 9.89. The zero-order chi connectivity index (χ0) is 21.9. The van der Waals surface area contributed by atoms with Crippen LogP contribution in [0.1, 0.15) is 42.0 Å². The van der Waals surface area contributed by atoms with Crippen molar-refractivity contribution in [3.63, 3.8) is 0 Å². The molecular formula is C28H25N2O+. The number of hydrogen-bond acceptors (Lipinski definition) is 2. The van der Waals surface area contributed by atoms with Gasteiger partial charge in [0.15, 0.2) is 11.8 Å². The Hall–Kier alpha value is -3.64. The third-order valence-electron chi connectivity index (χ3n) is 6.56. The number of nitriles is 1. The molecule has 31 heavy (non-hydrogen) atoms. The van der Waals surface area contributed by atoms with Crippen molar-refractivity contribution in [3.8, 4) is 17.3 Å². The predicted octanol–water partition coefficient (Wildman–Crippen LogP) is 6.84. The van der Waals surface area contributed by atoms with Crippen molar-refractivity contribution in [1.82, 2.24) is 0 Å². The fourth-order valence-corrected chi connectivity index (χ4v) is 4.69. The average molecular weight is 406 g/mol. The molecule has 0 radical (unpaired) electrons.